The molecule has 0 aromatic heterocycles. The van der Waals surface area contributed by atoms with Crippen LogP contribution in [0.25, 0.3) is 0 Å². The summed E-state index contributed by atoms with van der Waals surface area (Å²) in [6.45, 7) is 4.00. The van der Waals surface area contributed by atoms with Crippen molar-refractivity contribution in [2.75, 3.05) is 0 Å². The Morgan fingerprint density at radius 1 is 1.21 bits per heavy atom. The van der Waals surface area contributed by atoms with Gasteiger partial charge in [0.2, 0.25) is 0 Å². The fourth-order valence-corrected chi connectivity index (χ4v) is 5.32. The van der Waals surface area contributed by atoms with Gasteiger partial charge in [-0.25, -0.2) is 4.39 Å². The van der Waals surface area contributed by atoms with Crippen LogP contribution in [0.15, 0.2) is 12.1 Å². The van der Waals surface area contributed by atoms with E-state index < -0.39 is 11.7 Å². The predicted molar refractivity (Wildman–Crippen MR) is 92.7 cm³/mol. The molecule has 1 aromatic rings. The molecule has 3 saturated carbocycles. The third-order valence-corrected chi connectivity index (χ3v) is 6.23. The quantitative estimate of drug-likeness (QED) is 0.847. The predicted octanol–water partition coefficient (Wildman–Crippen LogP) is 4.81. The van der Waals surface area contributed by atoms with Gasteiger partial charge >= 0.3 is 0 Å². The molecule has 5 unspecified atom stereocenters. The van der Waals surface area contributed by atoms with Crippen LogP contribution in [0.4, 0.5) is 4.39 Å². The average molecular weight is 354 g/mol. The van der Waals surface area contributed by atoms with E-state index in [-0.39, 0.29) is 16.7 Å². The van der Waals surface area contributed by atoms with E-state index in [1.165, 1.54) is 37.8 Å². The summed E-state index contributed by atoms with van der Waals surface area (Å²) in [5, 5.41) is 0.251. The molecule has 5 atom stereocenters. The van der Waals surface area contributed by atoms with Crippen molar-refractivity contribution in [1.82, 2.24) is 0 Å². The molecule has 0 radical (unpaired) electrons. The molecular formula is C19H25ClFNO2. The minimum absolute atomic E-state index is 0.126. The molecule has 1 amide bonds. The van der Waals surface area contributed by atoms with Crippen molar-refractivity contribution in [3.8, 4) is 5.75 Å². The number of carbonyl (C=O) groups excluding carboxylic acids is 1. The third kappa shape index (κ3) is 2.90. The van der Waals surface area contributed by atoms with E-state index in [4.69, 9.17) is 22.1 Å². The Kier molecular flexibility index (Phi) is 5.05. The van der Waals surface area contributed by atoms with E-state index in [2.05, 4.69) is 0 Å². The van der Waals surface area contributed by atoms with Crippen LogP contribution in [-0.2, 0) is 0 Å². The number of hydrogen-bond acceptors (Lipinski definition) is 2. The van der Waals surface area contributed by atoms with Crippen LogP contribution in [0, 0.1) is 29.5 Å². The first-order valence-electron chi connectivity index (χ1n) is 9.00. The van der Waals surface area contributed by atoms with Crippen LogP contribution in [0.1, 0.15) is 56.3 Å². The maximum Gasteiger partial charge on any atom is 0.251 e. The number of nitrogens with two attached hydrogens (primary N) is 1. The van der Waals surface area contributed by atoms with Crippen LogP contribution in [0.3, 0.4) is 0 Å². The Bertz CT molecular complexity index is 636. The van der Waals surface area contributed by atoms with E-state index in [9.17, 15) is 9.18 Å². The Balaban J connectivity index is 0.000000815. The topological polar surface area (TPSA) is 52.3 Å². The Hall–Kier alpha value is -1.29. The smallest absolute Gasteiger partial charge is 0.251 e. The molecule has 3 nitrogen and oxygen atoms in total. The molecule has 2 N–H and O–H groups in total. The summed E-state index contributed by atoms with van der Waals surface area (Å²) < 4.78 is 20.0. The molecule has 0 spiro atoms. The summed E-state index contributed by atoms with van der Waals surface area (Å²) in [5.74, 6) is 1.83. The van der Waals surface area contributed by atoms with Crippen molar-refractivity contribution in [3.63, 3.8) is 0 Å². The molecule has 24 heavy (non-hydrogen) atoms. The van der Waals surface area contributed by atoms with Crippen molar-refractivity contribution in [1.29, 1.82) is 0 Å². The van der Waals surface area contributed by atoms with Crippen molar-refractivity contribution < 1.29 is 13.9 Å². The molecule has 3 aliphatic rings. The number of carbonyl (C=O) groups is 1. The lowest BCUT2D eigenvalue weighted by Crippen LogP contribution is -2.32. The van der Waals surface area contributed by atoms with E-state index in [1.54, 1.807) is 0 Å². The highest BCUT2D eigenvalue weighted by Gasteiger charge is 2.54. The molecule has 0 saturated heterocycles. The highest BCUT2D eigenvalue weighted by atomic mass is 35.5. The number of hydrogen-bond donors (Lipinski definition) is 1. The van der Waals surface area contributed by atoms with Crippen LogP contribution in [0.5, 0.6) is 5.75 Å². The van der Waals surface area contributed by atoms with Crippen molar-refractivity contribution in [3.05, 3.63) is 28.5 Å². The van der Waals surface area contributed by atoms with E-state index >= 15 is 0 Å². The van der Waals surface area contributed by atoms with Gasteiger partial charge in [-0.15, -0.1) is 0 Å². The first-order chi connectivity index (χ1) is 11.5. The van der Waals surface area contributed by atoms with Gasteiger partial charge in [0, 0.05) is 6.07 Å². The number of rotatable bonds is 3. The Morgan fingerprint density at radius 2 is 1.92 bits per heavy atom. The molecule has 2 bridgehead atoms. The second kappa shape index (κ2) is 6.91. The Morgan fingerprint density at radius 3 is 2.62 bits per heavy atom. The fraction of sp³-hybridized carbons (Fsp3) is 0.632. The highest BCUT2D eigenvalue weighted by molar-refractivity contribution is 6.32. The van der Waals surface area contributed by atoms with Crippen LogP contribution >= 0.6 is 11.6 Å². The van der Waals surface area contributed by atoms with Gasteiger partial charge in [-0.05, 0) is 55.4 Å². The van der Waals surface area contributed by atoms with Gasteiger partial charge in [0.05, 0.1) is 10.6 Å². The molecular weight excluding hydrogens is 329 g/mol. The van der Waals surface area contributed by atoms with Gasteiger partial charge in [-0.1, -0.05) is 31.9 Å². The minimum Gasteiger partial charge on any atom is -0.488 e. The third-order valence-electron chi connectivity index (χ3n) is 5.93. The molecule has 5 heteroatoms. The zero-order valence-corrected chi connectivity index (χ0v) is 15.0. The molecule has 0 heterocycles. The van der Waals surface area contributed by atoms with Crippen LogP contribution in [-0.4, -0.2) is 12.0 Å². The number of halogens is 2. The molecule has 3 fully saturated rings. The molecule has 3 aliphatic carbocycles. The zero-order chi connectivity index (χ0) is 17.4. The molecule has 1 aromatic carbocycles. The van der Waals surface area contributed by atoms with Gasteiger partial charge < -0.3 is 10.5 Å². The van der Waals surface area contributed by atoms with Crippen molar-refractivity contribution in [2.45, 2.75) is 52.1 Å². The molecule has 0 aliphatic heterocycles. The van der Waals surface area contributed by atoms with Gasteiger partial charge in [-0.3, -0.25) is 4.79 Å². The van der Waals surface area contributed by atoms with Gasteiger partial charge in [-0.2, -0.15) is 0 Å². The monoisotopic (exact) mass is 353 g/mol. The number of ether oxygens (including phenoxy) is 1. The van der Waals surface area contributed by atoms with Gasteiger partial charge in [0.1, 0.15) is 17.7 Å². The second-order valence-corrected chi connectivity index (χ2v) is 7.34. The second-order valence-electron chi connectivity index (χ2n) is 6.94. The maximum absolute atomic E-state index is 13.9. The fourth-order valence-electron chi connectivity index (χ4n) is 5.11. The number of primary amides is 1. The zero-order valence-electron chi connectivity index (χ0n) is 14.2. The number of fused-ring (bicyclic) bond motifs is 5. The SMILES string of the molecule is CC.NC(=O)c1cc(Cl)c(OC2CC3CC2C2CCCC32)cc1F. The minimum atomic E-state index is -0.820. The summed E-state index contributed by atoms with van der Waals surface area (Å²) in [6.07, 6.45) is 6.40. The van der Waals surface area contributed by atoms with Crippen molar-refractivity contribution >= 4 is 17.5 Å². The molecule has 132 valence electrons. The summed E-state index contributed by atoms with van der Waals surface area (Å²) in [5.41, 5.74) is 4.93. The normalized spacial score (nSPS) is 32.9. The van der Waals surface area contributed by atoms with Gasteiger partial charge in [0.25, 0.3) is 5.91 Å². The number of benzene rings is 1. The van der Waals surface area contributed by atoms with Crippen LogP contribution < -0.4 is 10.5 Å². The Labute approximate surface area is 147 Å². The first-order valence-corrected chi connectivity index (χ1v) is 9.38. The van der Waals surface area contributed by atoms with Crippen LogP contribution in [0.2, 0.25) is 5.02 Å². The molecule has 4 rings (SSSR count). The number of amides is 1. The van der Waals surface area contributed by atoms with Crippen molar-refractivity contribution in [2.24, 2.45) is 29.4 Å². The standard InChI is InChI=1S/C17H19ClFNO2.C2H6/c18-13-6-12(17(20)21)14(19)7-16(13)22-15-5-8-4-11(15)10-3-1-2-9(8)10;1-2/h6-11,15H,1-5H2,(H2,20,21);1-2H3. The maximum atomic E-state index is 13.9. The summed E-state index contributed by atoms with van der Waals surface area (Å²) in [6, 6.07) is 2.46. The van der Waals surface area contributed by atoms with E-state index in [1.807, 2.05) is 13.8 Å². The summed E-state index contributed by atoms with van der Waals surface area (Å²) in [7, 11) is 0. The van der Waals surface area contributed by atoms with E-state index in [0.717, 1.165) is 24.2 Å². The lowest BCUT2D eigenvalue weighted by atomic mass is 9.80. The lowest BCUT2D eigenvalue weighted by molar-refractivity contribution is 0.0839. The average Bonchev–Trinajstić information content (AvgIpc) is 3.24. The summed E-state index contributed by atoms with van der Waals surface area (Å²) in [4.78, 5) is 11.1. The highest BCUT2D eigenvalue weighted by Crippen LogP contribution is 2.59. The summed E-state index contributed by atoms with van der Waals surface area (Å²) >= 11 is 6.14. The first kappa shape index (κ1) is 17.5. The largest absolute Gasteiger partial charge is 0.488 e. The van der Waals surface area contributed by atoms with Gasteiger partial charge in [0.15, 0.2) is 0 Å². The lowest BCUT2D eigenvalue weighted by Gasteiger charge is -2.32. The van der Waals surface area contributed by atoms with E-state index in [0.29, 0.717) is 11.7 Å².